The largest absolute Gasteiger partial charge is 0.292 e. The van der Waals surface area contributed by atoms with Gasteiger partial charge in [0.1, 0.15) is 5.82 Å². The summed E-state index contributed by atoms with van der Waals surface area (Å²) < 4.78 is 14.7. The van der Waals surface area contributed by atoms with Gasteiger partial charge in [-0.05, 0) is 25.3 Å². The number of hydrogen-bond acceptors (Lipinski definition) is 2. The molecule has 0 aliphatic carbocycles. The van der Waals surface area contributed by atoms with Crippen molar-refractivity contribution in [1.82, 2.24) is 9.38 Å². The second kappa shape index (κ2) is 5.16. The van der Waals surface area contributed by atoms with Crippen LogP contribution in [0.4, 0.5) is 4.39 Å². The van der Waals surface area contributed by atoms with Gasteiger partial charge in [0.25, 0.3) is 0 Å². The van der Waals surface area contributed by atoms with E-state index < -0.39 is 0 Å². The molecule has 15 heavy (non-hydrogen) atoms. The quantitative estimate of drug-likeness (QED) is 0.692. The number of halogens is 1. The van der Waals surface area contributed by atoms with E-state index in [1.807, 2.05) is 27.0 Å². The van der Waals surface area contributed by atoms with E-state index in [1.54, 1.807) is 10.5 Å². The van der Waals surface area contributed by atoms with Crippen molar-refractivity contribution >= 4 is 17.3 Å². The van der Waals surface area contributed by atoms with Gasteiger partial charge < -0.3 is 0 Å². The fourth-order valence-electron chi connectivity index (χ4n) is 1.33. The van der Waals surface area contributed by atoms with E-state index in [1.165, 1.54) is 24.0 Å². The average Bonchev–Trinajstić information content (AvgIpc) is 2.58. The molecule has 2 nitrogen and oxygen atoms in total. The molecule has 82 valence electrons. The zero-order valence-corrected chi connectivity index (χ0v) is 10.2. The van der Waals surface area contributed by atoms with Crippen LogP contribution >= 0.6 is 11.8 Å². The fraction of sp³-hybridized carbons (Fsp3) is 0.364. The molecule has 0 fully saturated rings. The van der Waals surface area contributed by atoms with Crippen LogP contribution in [0.1, 0.15) is 19.5 Å². The Labute approximate surface area is 93.5 Å². The summed E-state index contributed by atoms with van der Waals surface area (Å²) in [5.74, 6) is -0.236. The third kappa shape index (κ3) is 2.31. The first-order chi connectivity index (χ1) is 7.22. The van der Waals surface area contributed by atoms with E-state index in [9.17, 15) is 4.39 Å². The van der Waals surface area contributed by atoms with Crippen LogP contribution in [0.3, 0.4) is 0 Å². The standard InChI is InChI=1S/C9H9FN2S.C2H6/c1-6-8-4-3-7(10)5-12(8)9(11-6)13-2;1-2/h3-5H,1-2H3;1-2H3. The minimum absolute atomic E-state index is 0.236. The Balaban J connectivity index is 0.000000531. The lowest BCUT2D eigenvalue weighted by Gasteiger charge is -1.96. The van der Waals surface area contributed by atoms with Crippen molar-refractivity contribution in [3.05, 3.63) is 29.8 Å². The molecule has 2 aromatic rings. The number of imidazole rings is 1. The average molecular weight is 226 g/mol. The van der Waals surface area contributed by atoms with Gasteiger partial charge >= 0.3 is 0 Å². The van der Waals surface area contributed by atoms with Gasteiger partial charge in [0.2, 0.25) is 0 Å². The topological polar surface area (TPSA) is 17.3 Å². The van der Waals surface area contributed by atoms with Gasteiger partial charge in [0.05, 0.1) is 11.2 Å². The van der Waals surface area contributed by atoms with Crippen molar-refractivity contribution < 1.29 is 4.39 Å². The number of fused-ring (bicyclic) bond motifs is 1. The summed E-state index contributed by atoms with van der Waals surface area (Å²) in [6, 6.07) is 3.20. The molecule has 2 aromatic heterocycles. The maximum Gasteiger partial charge on any atom is 0.172 e. The summed E-state index contributed by atoms with van der Waals surface area (Å²) in [4.78, 5) is 4.31. The first kappa shape index (κ1) is 12.0. The molecule has 0 bridgehead atoms. The molecule has 0 spiro atoms. The van der Waals surface area contributed by atoms with Gasteiger partial charge in [-0.15, -0.1) is 0 Å². The maximum absolute atomic E-state index is 12.9. The van der Waals surface area contributed by atoms with Crippen molar-refractivity contribution in [3.63, 3.8) is 0 Å². The van der Waals surface area contributed by atoms with Crippen LogP contribution in [0, 0.1) is 12.7 Å². The number of nitrogens with zero attached hydrogens (tertiary/aromatic N) is 2. The minimum Gasteiger partial charge on any atom is -0.292 e. The number of hydrogen-bond donors (Lipinski definition) is 0. The van der Waals surface area contributed by atoms with Crippen LogP contribution in [0.2, 0.25) is 0 Å². The lowest BCUT2D eigenvalue weighted by Crippen LogP contribution is -1.87. The van der Waals surface area contributed by atoms with Crippen molar-refractivity contribution in [1.29, 1.82) is 0 Å². The van der Waals surface area contributed by atoms with Crippen LogP contribution in [-0.2, 0) is 0 Å². The highest BCUT2D eigenvalue weighted by Crippen LogP contribution is 2.19. The molecule has 0 aliphatic rings. The first-order valence-corrected chi connectivity index (χ1v) is 6.13. The second-order valence-electron chi connectivity index (χ2n) is 2.79. The molecular formula is C11H15FN2S. The van der Waals surface area contributed by atoms with E-state index in [4.69, 9.17) is 0 Å². The van der Waals surface area contributed by atoms with E-state index >= 15 is 0 Å². The van der Waals surface area contributed by atoms with E-state index in [0.717, 1.165) is 16.4 Å². The van der Waals surface area contributed by atoms with Gasteiger partial charge in [0, 0.05) is 6.20 Å². The van der Waals surface area contributed by atoms with Crippen molar-refractivity contribution in [2.45, 2.75) is 25.9 Å². The van der Waals surface area contributed by atoms with Crippen molar-refractivity contribution in [2.24, 2.45) is 0 Å². The second-order valence-corrected chi connectivity index (χ2v) is 3.56. The molecule has 0 saturated heterocycles. The van der Waals surface area contributed by atoms with Crippen LogP contribution in [0.15, 0.2) is 23.5 Å². The third-order valence-corrected chi connectivity index (χ3v) is 2.59. The Morgan fingerprint density at radius 1 is 1.33 bits per heavy atom. The molecule has 4 heteroatoms. The number of thioether (sulfide) groups is 1. The lowest BCUT2D eigenvalue weighted by atomic mass is 10.3. The number of aromatic nitrogens is 2. The zero-order chi connectivity index (χ0) is 11.4. The lowest BCUT2D eigenvalue weighted by molar-refractivity contribution is 0.616. The third-order valence-electron chi connectivity index (χ3n) is 1.94. The Kier molecular flexibility index (Phi) is 4.15. The van der Waals surface area contributed by atoms with Crippen LogP contribution in [-0.4, -0.2) is 15.6 Å². The summed E-state index contributed by atoms with van der Waals surface area (Å²) in [7, 11) is 0. The summed E-state index contributed by atoms with van der Waals surface area (Å²) in [5, 5.41) is 0.826. The van der Waals surface area contributed by atoms with Crippen LogP contribution < -0.4 is 0 Å². The SMILES string of the molecule is CC.CSc1nc(C)c2ccc(F)cn12. The first-order valence-electron chi connectivity index (χ1n) is 4.90. The Morgan fingerprint density at radius 3 is 2.60 bits per heavy atom. The van der Waals surface area contributed by atoms with Gasteiger partial charge in [-0.3, -0.25) is 4.40 Å². The Bertz CT molecular complexity index is 451. The molecule has 0 atom stereocenters. The highest BCUT2D eigenvalue weighted by Gasteiger charge is 2.06. The molecule has 0 amide bonds. The zero-order valence-electron chi connectivity index (χ0n) is 9.41. The Morgan fingerprint density at radius 2 is 2.00 bits per heavy atom. The maximum atomic E-state index is 12.9. The summed E-state index contributed by atoms with van der Waals surface area (Å²) >= 11 is 1.51. The van der Waals surface area contributed by atoms with Gasteiger partial charge in [0.15, 0.2) is 5.16 Å². The monoisotopic (exact) mass is 226 g/mol. The smallest absolute Gasteiger partial charge is 0.172 e. The summed E-state index contributed by atoms with van der Waals surface area (Å²) in [6.45, 7) is 5.92. The molecule has 0 unspecified atom stereocenters. The molecule has 0 radical (unpaired) electrons. The summed E-state index contributed by atoms with van der Waals surface area (Å²) in [6.07, 6.45) is 3.39. The molecule has 0 aliphatic heterocycles. The van der Waals surface area contributed by atoms with Crippen LogP contribution in [0.25, 0.3) is 5.52 Å². The predicted molar refractivity (Wildman–Crippen MR) is 63.0 cm³/mol. The number of rotatable bonds is 1. The molecule has 2 rings (SSSR count). The van der Waals surface area contributed by atoms with Crippen LogP contribution in [0.5, 0.6) is 0 Å². The molecular weight excluding hydrogens is 211 g/mol. The molecule has 2 heterocycles. The highest BCUT2D eigenvalue weighted by molar-refractivity contribution is 7.98. The van der Waals surface area contributed by atoms with E-state index in [0.29, 0.717) is 0 Å². The van der Waals surface area contributed by atoms with E-state index in [2.05, 4.69) is 4.98 Å². The van der Waals surface area contributed by atoms with Crippen molar-refractivity contribution in [2.75, 3.05) is 6.26 Å². The molecule has 0 saturated carbocycles. The summed E-state index contributed by atoms with van der Waals surface area (Å²) in [5.41, 5.74) is 1.90. The molecule has 0 aromatic carbocycles. The minimum atomic E-state index is -0.236. The van der Waals surface area contributed by atoms with Gasteiger partial charge in [-0.2, -0.15) is 0 Å². The van der Waals surface area contributed by atoms with Gasteiger partial charge in [-0.1, -0.05) is 25.6 Å². The predicted octanol–water partition coefficient (Wildman–Crippen LogP) is 3.53. The van der Waals surface area contributed by atoms with Gasteiger partial charge in [-0.25, -0.2) is 9.37 Å². The fourth-order valence-corrected chi connectivity index (χ4v) is 1.90. The van der Waals surface area contributed by atoms with E-state index in [-0.39, 0.29) is 5.82 Å². The number of pyridine rings is 1. The van der Waals surface area contributed by atoms with Crippen molar-refractivity contribution in [3.8, 4) is 0 Å². The normalized spacial score (nSPS) is 9.93. The molecule has 0 N–H and O–H groups in total. The highest BCUT2D eigenvalue weighted by atomic mass is 32.2. The Hall–Kier alpha value is -1.03. The number of aryl methyl sites for hydroxylation is 1.